The van der Waals surface area contributed by atoms with E-state index in [0.717, 1.165) is 5.56 Å². The predicted molar refractivity (Wildman–Crippen MR) is 141 cm³/mol. The van der Waals surface area contributed by atoms with Crippen LogP contribution >= 0.6 is 11.6 Å². The van der Waals surface area contributed by atoms with Crippen molar-refractivity contribution in [3.63, 3.8) is 0 Å². The van der Waals surface area contributed by atoms with Gasteiger partial charge in [-0.15, -0.1) is 0 Å². The number of nitrogens with zero attached hydrogens (tertiary/aromatic N) is 2. The summed E-state index contributed by atoms with van der Waals surface area (Å²) < 4.78 is 40.2. The van der Waals surface area contributed by atoms with E-state index >= 15 is 0 Å². The number of aromatic nitrogens is 2. The smallest absolute Gasteiger partial charge is 0.263 e. The summed E-state index contributed by atoms with van der Waals surface area (Å²) in [6.07, 6.45) is 0.216. The molecule has 0 saturated heterocycles. The van der Waals surface area contributed by atoms with E-state index in [9.17, 15) is 13.5 Å². The van der Waals surface area contributed by atoms with Crippen LogP contribution in [0.5, 0.6) is 17.2 Å². The molecule has 0 aliphatic rings. The van der Waals surface area contributed by atoms with Crippen LogP contribution in [0, 0.1) is 0 Å². The summed E-state index contributed by atoms with van der Waals surface area (Å²) in [6.45, 7) is 5.85. The zero-order valence-corrected chi connectivity index (χ0v) is 22.6. The maximum Gasteiger partial charge on any atom is 0.263 e. The van der Waals surface area contributed by atoms with E-state index in [-0.39, 0.29) is 45.7 Å². The largest absolute Gasteiger partial charge is 0.497 e. The lowest BCUT2D eigenvalue weighted by molar-refractivity contribution is 0.0941. The Kier molecular flexibility index (Phi) is 9.32. The van der Waals surface area contributed by atoms with Gasteiger partial charge in [0.05, 0.1) is 29.7 Å². The molecule has 4 N–H and O–H groups in total. The van der Waals surface area contributed by atoms with Gasteiger partial charge in [0.15, 0.2) is 11.6 Å². The lowest BCUT2D eigenvalue weighted by Gasteiger charge is -2.19. The Morgan fingerprint density at radius 2 is 1.81 bits per heavy atom. The normalized spacial score (nSPS) is 12.7. The summed E-state index contributed by atoms with van der Waals surface area (Å²) >= 11 is 6.32. The van der Waals surface area contributed by atoms with Crippen molar-refractivity contribution in [1.29, 1.82) is 0 Å². The molecule has 0 fully saturated rings. The van der Waals surface area contributed by atoms with Gasteiger partial charge in [0.1, 0.15) is 23.5 Å². The Hall–Kier alpha value is -2.96. The fourth-order valence-corrected chi connectivity index (χ4v) is 4.43. The van der Waals surface area contributed by atoms with Gasteiger partial charge in [0.25, 0.3) is 10.0 Å². The van der Waals surface area contributed by atoms with E-state index in [0.29, 0.717) is 11.4 Å². The standard InChI is InChI=1S/C25H31ClN4O6S/c1-25(2,3)16-5-8-19(9-6-16)37(33,34)30-24-23(36-22-11-18(35-4)7-10-20(22)26)21(28-15-29-24)13-27-12-17(32)14-31/h5-11,15,17,27,31-32H,12-14H2,1-4H3,(H,28,29,30). The minimum atomic E-state index is -4.04. The topological polar surface area (TPSA) is 143 Å². The number of benzene rings is 2. The first-order chi connectivity index (χ1) is 17.4. The Morgan fingerprint density at radius 1 is 1.11 bits per heavy atom. The number of aliphatic hydroxyl groups is 2. The highest BCUT2D eigenvalue weighted by Crippen LogP contribution is 2.37. The van der Waals surface area contributed by atoms with Crippen LogP contribution in [-0.4, -0.2) is 55.0 Å². The number of halogens is 1. The summed E-state index contributed by atoms with van der Waals surface area (Å²) in [5.74, 6) is 0.581. The first-order valence-electron chi connectivity index (χ1n) is 11.4. The van der Waals surface area contributed by atoms with E-state index in [4.69, 9.17) is 26.2 Å². The van der Waals surface area contributed by atoms with E-state index in [1.165, 1.54) is 25.6 Å². The van der Waals surface area contributed by atoms with Gasteiger partial charge in [-0.05, 0) is 35.2 Å². The van der Waals surface area contributed by atoms with E-state index in [1.807, 2.05) is 20.8 Å². The molecule has 2 aromatic carbocycles. The van der Waals surface area contributed by atoms with Crippen LogP contribution in [0.1, 0.15) is 32.0 Å². The van der Waals surface area contributed by atoms with Crippen molar-refractivity contribution in [2.45, 2.75) is 43.7 Å². The molecule has 1 unspecified atom stereocenters. The van der Waals surface area contributed by atoms with Gasteiger partial charge in [-0.1, -0.05) is 44.5 Å². The average molecular weight is 551 g/mol. The number of ether oxygens (including phenoxy) is 2. The molecule has 3 rings (SSSR count). The lowest BCUT2D eigenvalue weighted by atomic mass is 9.87. The Morgan fingerprint density at radius 3 is 2.43 bits per heavy atom. The summed E-state index contributed by atoms with van der Waals surface area (Å²) in [5, 5.41) is 21.9. The number of hydrogen-bond donors (Lipinski definition) is 4. The third kappa shape index (κ3) is 7.53. The number of nitrogens with one attached hydrogen (secondary N) is 2. The van der Waals surface area contributed by atoms with Crippen molar-refractivity contribution < 1.29 is 28.1 Å². The molecule has 10 nitrogen and oxygen atoms in total. The van der Waals surface area contributed by atoms with Crippen LogP contribution in [0.3, 0.4) is 0 Å². The van der Waals surface area contributed by atoms with Crippen LogP contribution < -0.4 is 19.5 Å². The third-order valence-corrected chi connectivity index (χ3v) is 7.04. The number of hydrogen-bond acceptors (Lipinski definition) is 9. The quantitative estimate of drug-likeness (QED) is 0.282. The number of rotatable bonds is 11. The van der Waals surface area contributed by atoms with Gasteiger partial charge in [0, 0.05) is 19.2 Å². The van der Waals surface area contributed by atoms with Crippen molar-refractivity contribution in [2.75, 3.05) is 25.0 Å². The number of methoxy groups -OCH3 is 1. The van der Waals surface area contributed by atoms with Crippen LogP contribution in [0.15, 0.2) is 53.7 Å². The molecule has 0 aliphatic heterocycles. The van der Waals surface area contributed by atoms with Crippen molar-refractivity contribution in [3.05, 3.63) is 65.1 Å². The highest BCUT2D eigenvalue weighted by molar-refractivity contribution is 7.92. The molecule has 12 heteroatoms. The molecular weight excluding hydrogens is 520 g/mol. The molecular formula is C25H31ClN4O6S. The third-order valence-electron chi connectivity index (χ3n) is 5.37. The first kappa shape index (κ1) is 28.6. The summed E-state index contributed by atoms with van der Waals surface area (Å²) in [7, 11) is -2.55. The molecule has 37 heavy (non-hydrogen) atoms. The Bertz CT molecular complexity index is 1310. The number of sulfonamides is 1. The van der Waals surface area contributed by atoms with Gasteiger partial charge >= 0.3 is 0 Å². The van der Waals surface area contributed by atoms with E-state index in [2.05, 4.69) is 20.0 Å². The highest BCUT2D eigenvalue weighted by atomic mass is 35.5. The molecule has 1 atom stereocenters. The van der Waals surface area contributed by atoms with Crippen LogP contribution in [0.2, 0.25) is 5.02 Å². The first-order valence-corrected chi connectivity index (χ1v) is 13.3. The lowest BCUT2D eigenvalue weighted by Crippen LogP contribution is -2.29. The minimum absolute atomic E-state index is 0.0125. The van der Waals surface area contributed by atoms with Crippen molar-refractivity contribution >= 4 is 27.4 Å². The number of anilines is 1. The zero-order valence-electron chi connectivity index (χ0n) is 21.0. The van der Waals surface area contributed by atoms with Gasteiger partial charge in [0.2, 0.25) is 0 Å². The molecule has 0 aliphatic carbocycles. The van der Waals surface area contributed by atoms with Gasteiger partial charge in [-0.2, -0.15) is 0 Å². The fourth-order valence-electron chi connectivity index (χ4n) is 3.26. The average Bonchev–Trinajstić information content (AvgIpc) is 2.86. The van der Waals surface area contributed by atoms with Crippen molar-refractivity contribution in [2.24, 2.45) is 0 Å². The molecule has 0 saturated carbocycles. The molecule has 1 aromatic heterocycles. The molecule has 0 amide bonds. The van der Waals surface area contributed by atoms with Crippen LogP contribution in [0.4, 0.5) is 5.82 Å². The monoisotopic (exact) mass is 550 g/mol. The maximum absolute atomic E-state index is 13.2. The van der Waals surface area contributed by atoms with Crippen LogP contribution in [0.25, 0.3) is 0 Å². The summed E-state index contributed by atoms with van der Waals surface area (Å²) in [6, 6.07) is 11.4. The molecule has 0 radical (unpaired) electrons. The summed E-state index contributed by atoms with van der Waals surface area (Å²) in [4.78, 5) is 8.39. The molecule has 1 heterocycles. The van der Waals surface area contributed by atoms with Gasteiger partial charge in [-0.25, -0.2) is 18.4 Å². The van der Waals surface area contributed by atoms with Crippen LogP contribution in [-0.2, 0) is 22.0 Å². The fraction of sp³-hybridized carbons (Fsp3) is 0.360. The van der Waals surface area contributed by atoms with E-state index in [1.54, 1.807) is 30.3 Å². The highest BCUT2D eigenvalue weighted by Gasteiger charge is 2.23. The molecule has 200 valence electrons. The maximum atomic E-state index is 13.2. The van der Waals surface area contributed by atoms with Crippen molar-refractivity contribution in [3.8, 4) is 17.2 Å². The second kappa shape index (κ2) is 12.1. The number of aliphatic hydroxyl groups excluding tert-OH is 2. The SMILES string of the molecule is COc1ccc(Cl)c(Oc2c(CNCC(O)CO)ncnc2NS(=O)(=O)c2ccc(C(C)(C)C)cc2)c1. The summed E-state index contributed by atoms with van der Waals surface area (Å²) in [5.41, 5.74) is 1.15. The van der Waals surface area contributed by atoms with Crippen molar-refractivity contribution in [1.82, 2.24) is 15.3 Å². The second-order valence-corrected chi connectivity index (χ2v) is 11.3. The van der Waals surface area contributed by atoms with Gasteiger partial charge < -0.3 is 25.0 Å². The van der Waals surface area contributed by atoms with Gasteiger partial charge in [-0.3, -0.25) is 4.72 Å². The Labute approximate surface area is 221 Å². The predicted octanol–water partition coefficient (Wildman–Crippen LogP) is 3.47. The molecule has 0 bridgehead atoms. The van der Waals surface area contributed by atoms with E-state index < -0.39 is 22.7 Å². The molecule has 0 spiro atoms. The Balaban J connectivity index is 1.99. The zero-order chi connectivity index (χ0) is 27.2. The molecule has 3 aromatic rings. The second-order valence-electron chi connectivity index (χ2n) is 9.24. The minimum Gasteiger partial charge on any atom is -0.497 e.